The van der Waals surface area contributed by atoms with E-state index in [0.717, 1.165) is 36.6 Å². The Hall–Kier alpha value is -1.36. The Kier molecular flexibility index (Phi) is 6.56. The van der Waals surface area contributed by atoms with Crippen molar-refractivity contribution in [3.63, 3.8) is 0 Å². The van der Waals surface area contributed by atoms with E-state index in [1.54, 1.807) is 6.33 Å². The molecule has 0 amide bonds. The molecule has 5 nitrogen and oxygen atoms in total. The molecule has 1 aromatic rings. The van der Waals surface area contributed by atoms with E-state index in [-0.39, 0.29) is 6.61 Å². The molecule has 0 unspecified atom stereocenters. The molecule has 0 radical (unpaired) electrons. The minimum Gasteiger partial charge on any atom is -0.395 e. The number of aliphatic hydroxyl groups excluding tert-OH is 1. The summed E-state index contributed by atoms with van der Waals surface area (Å²) in [4.78, 5) is 10.9. The number of hydrogen-bond acceptors (Lipinski definition) is 5. The molecule has 0 fully saturated rings. The Labute approximate surface area is 116 Å². The molecule has 0 bridgehead atoms. The zero-order valence-corrected chi connectivity index (χ0v) is 12.5. The number of nitrogens with one attached hydrogen (secondary N) is 1. The highest BCUT2D eigenvalue weighted by Gasteiger charge is 2.19. The minimum absolute atomic E-state index is 0.135. The second kappa shape index (κ2) is 7.94. The molecule has 1 aromatic heterocycles. The van der Waals surface area contributed by atoms with Crippen molar-refractivity contribution in [2.24, 2.45) is 0 Å². The number of anilines is 2. The van der Waals surface area contributed by atoms with Crippen LogP contribution in [0.25, 0.3) is 0 Å². The van der Waals surface area contributed by atoms with Gasteiger partial charge in [-0.2, -0.15) is 0 Å². The van der Waals surface area contributed by atoms with E-state index in [1.807, 2.05) is 13.8 Å². The number of aromatic nitrogens is 2. The monoisotopic (exact) mass is 266 g/mol. The van der Waals surface area contributed by atoms with E-state index in [4.69, 9.17) is 0 Å². The Morgan fingerprint density at radius 3 is 2.47 bits per heavy atom. The third kappa shape index (κ3) is 3.80. The molecule has 0 saturated heterocycles. The van der Waals surface area contributed by atoms with Crippen molar-refractivity contribution in [3.8, 4) is 0 Å². The fourth-order valence-electron chi connectivity index (χ4n) is 2.37. The van der Waals surface area contributed by atoms with Gasteiger partial charge >= 0.3 is 0 Å². The predicted octanol–water partition coefficient (Wildman–Crippen LogP) is 2.20. The largest absolute Gasteiger partial charge is 0.395 e. The van der Waals surface area contributed by atoms with E-state index in [9.17, 15) is 5.11 Å². The van der Waals surface area contributed by atoms with Crippen LogP contribution in [0.15, 0.2) is 6.33 Å². The van der Waals surface area contributed by atoms with E-state index in [0.29, 0.717) is 12.6 Å². The minimum atomic E-state index is 0.135. The average molecular weight is 266 g/mol. The Morgan fingerprint density at radius 1 is 1.26 bits per heavy atom. The van der Waals surface area contributed by atoms with E-state index in [2.05, 4.69) is 34.0 Å². The summed E-state index contributed by atoms with van der Waals surface area (Å²) in [7, 11) is 0. The van der Waals surface area contributed by atoms with Crippen LogP contribution >= 0.6 is 0 Å². The molecule has 0 spiro atoms. The maximum absolute atomic E-state index is 9.30. The predicted molar refractivity (Wildman–Crippen MR) is 79.7 cm³/mol. The summed E-state index contributed by atoms with van der Waals surface area (Å²) in [5, 5.41) is 12.5. The summed E-state index contributed by atoms with van der Waals surface area (Å²) < 4.78 is 0. The lowest BCUT2D eigenvalue weighted by molar-refractivity contribution is 0.295. The molecule has 0 aliphatic rings. The lowest BCUT2D eigenvalue weighted by Crippen LogP contribution is -2.38. The quantitative estimate of drug-likeness (QED) is 0.755. The Bertz CT molecular complexity index is 380. The maximum atomic E-state index is 9.30. The van der Waals surface area contributed by atoms with Crippen LogP contribution in [-0.2, 0) is 0 Å². The average Bonchev–Trinajstić information content (AvgIpc) is 2.42. The van der Waals surface area contributed by atoms with Gasteiger partial charge in [-0.25, -0.2) is 9.97 Å². The van der Waals surface area contributed by atoms with Crippen molar-refractivity contribution in [1.29, 1.82) is 0 Å². The van der Waals surface area contributed by atoms with Gasteiger partial charge in [-0.05, 0) is 26.7 Å². The molecule has 0 aliphatic carbocycles. The standard InChI is InChI=1S/C14H26N4O/c1-5-12(6-2)18(8-9-19)14-11(4)13(15-7-3)16-10-17-14/h10,12,19H,5-9H2,1-4H3,(H,15,16,17). The first-order chi connectivity index (χ1) is 9.19. The molecular weight excluding hydrogens is 240 g/mol. The van der Waals surface area contributed by atoms with Crippen LogP contribution in [0.4, 0.5) is 11.6 Å². The second-order valence-electron chi connectivity index (χ2n) is 4.59. The van der Waals surface area contributed by atoms with Gasteiger partial charge in [0.25, 0.3) is 0 Å². The van der Waals surface area contributed by atoms with Gasteiger partial charge in [0, 0.05) is 24.7 Å². The Morgan fingerprint density at radius 2 is 1.95 bits per heavy atom. The lowest BCUT2D eigenvalue weighted by Gasteiger charge is -2.32. The summed E-state index contributed by atoms with van der Waals surface area (Å²) in [6.45, 7) is 9.99. The van der Waals surface area contributed by atoms with Crippen LogP contribution in [0.5, 0.6) is 0 Å². The van der Waals surface area contributed by atoms with Gasteiger partial charge in [-0.15, -0.1) is 0 Å². The first kappa shape index (κ1) is 15.7. The summed E-state index contributed by atoms with van der Waals surface area (Å²) in [6, 6.07) is 0.398. The van der Waals surface area contributed by atoms with E-state index < -0.39 is 0 Å². The number of nitrogens with zero attached hydrogens (tertiary/aromatic N) is 3. The topological polar surface area (TPSA) is 61.3 Å². The number of aliphatic hydroxyl groups is 1. The molecule has 5 heteroatoms. The lowest BCUT2D eigenvalue weighted by atomic mass is 10.1. The van der Waals surface area contributed by atoms with Crippen LogP contribution in [-0.4, -0.2) is 40.8 Å². The van der Waals surface area contributed by atoms with Crippen molar-refractivity contribution in [2.45, 2.75) is 46.6 Å². The number of hydrogen-bond donors (Lipinski definition) is 2. The maximum Gasteiger partial charge on any atom is 0.137 e. The number of rotatable bonds is 8. The Balaban J connectivity index is 3.11. The van der Waals surface area contributed by atoms with Gasteiger partial charge in [0.05, 0.1) is 6.61 Å². The van der Waals surface area contributed by atoms with Crippen LogP contribution in [0.3, 0.4) is 0 Å². The first-order valence-corrected chi connectivity index (χ1v) is 7.12. The zero-order chi connectivity index (χ0) is 14.3. The smallest absolute Gasteiger partial charge is 0.137 e. The van der Waals surface area contributed by atoms with E-state index in [1.165, 1.54) is 0 Å². The van der Waals surface area contributed by atoms with Gasteiger partial charge in [-0.1, -0.05) is 13.8 Å². The molecule has 0 aromatic carbocycles. The highest BCUT2D eigenvalue weighted by atomic mass is 16.3. The van der Waals surface area contributed by atoms with Crippen LogP contribution in [0, 0.1) is 6.92 Å². The van der Waals surface area contributed by atoms with Gasteiger partial charge in [0.2, 0.25) is 0 Å². The van der Waals surface area contributed by atoms with E-state index >= 15 is 0 Å². The van der Waals surface area contributed by atoms with Crippen molar-refractivity contribution >= 4 is 11.6 Å². The van der Waals surface area contributed by atoms with Gasteiger partial charge in [0.1, 0.15) is 18.0 Å². The molecule has 0 atom stereocenters. The third-order valence-electron chi connectivity index (χ3n) is 3.40. The molecule has 1 rings (SSSR count). The van der Waals surface area contributed by atoms with Crippen LogP contribution in [0.1, 0.15) is 39.2 Å². The summed E-state index contributed by atoms with van der Waals surface area (Å²) in [5.41, 5.74) is 1.05. The highest BCUT2D eigenvalue weighted by Crippen LogP contribution is 2.25. The molecule has 2 N–H and O–H groups in total. The van der Waals surface area contributed by atoms with Crippen molar-refractivity contribution < 1.29 is 5.11 Å². The van der Waals surface area contributed by atoms with Gasteiger partial charge < -0.3 is 15.3 Å². The summed E-state index contributed by atoms with van der Waals surface area (Å²) in [6.07, 6.45) is 3.67. The highest BCUT2D eigenvalue weighted by molar-refractivity contribution is 5.58. The fraction of sp³-hybridized carbons (Fsp3) is 0.714. The van der Waals surface area contributed by atoms with Crippen molar-refractivity contribution in [2.75, 3.05) is 29.9 Å². The van der Waals surface area contributed by atoms with Crippen molar-refractivity contribution in [1.82, 2.24) is 9.97 Å². The second-order valence-corrected chi connectivity index (χ2v) is 4.59. The molecule has 108 valence electrons. The van der Waals surface area contributed by atoms with Gasteiger partial charge in [0.15, 0.2) is 0 Å². The van der Waals surface area contributed by atoms with Crippen molar-refractivity contribution in [3.05, 3.63) is 11.9 Å². The SMILES string of the molecule is CCNc1ncnc(N(CCO)C(CC)CC)c1C. The fourth-order valence-corrected chi connectivity index (χ4v) is 2.37. The van der Waals surface area contributed by atoms with Gasteiger partial charge in [-0.3, -0.25) is 0 Å². The summed E-state index contributed by atoms with van der Waals surface area (Å²) in [5.74, 6) is 1.80. The summed E-state index contributed by atoms with van der Waals surface area (Å²) >= 11 is 0. The first-order valence-electron chi connectivity index (χ1n) is 7.12. The molecule has 1 heterocycles. The zero-order valence-electron chi connectivity index (χ0n) is 12.5. The normalized spacial score (nSPS) is 10.8. The third-order valence-corrected chi connectivity index (χ3v) is 3.40. The molecular formula is C14H26N4O. The van der Waals surface area contributed by atoms with Crippen LogP contribution in [0.2, 0.25) is 0 Å². The molecule has 0 aliphatic heterocycles. The van der Waals surface area contributed by atoms with Crippen LogP contribution < -0.4 is 10.2 Å². The molecule has 0 saturated carbocycles. The molecule has 19 heavy (non-hydrogen) atoms.